The molecule has 2 fully saturated rings. The highest BCUT2D eigenvalue weighted by atomic mass is 32.2. The van der Waals surface area contributed by atoms with E-state index < -0.39 is 24.0 Å². The second kappa shape index (κ2) is 9.43. The van der Waals surface area contributed by atoms with Crippen LogP contribution in [0.4, 0.5) is 0 Å². The maximum absolute atomic E-state index is 12.1. The number of benzene rings is 1. The SMILES string of the molecule is CC(C)Sc1c(O)c2c(c(O)c1SC(C)C)[C@H](CO)N1C(C#N)[C@@H]3C[C@@H](C(=O)O)[C@H]([C@@H]1C2)N3C. The molecule has 4 N–H and O–H groups in total. The van der Waals surface area contributed by atoms with Crippen LogP contribution >= 0.6 is 23.5 Å². The summed E-state index contributed by atoms with van der Waals surface area (Å²) in [6.07, 6.45) is 0.657. The fourth-order valence-electron chi connectivity index (χ4n) is 6.14. The minimum absolute atomic E-state index is 0.0462. The van der Waals surface area contributed by atoms with Crippen LogP contribution in [0, 0.1) is 17.2 Å². The Bertz CT molecular complexity index is 1030. The lowest BCUT2D eigenvalue weighted by Gasteiger charge is -2.54. The minimum Gasteiger partial charge on any atom is -0.506 e. The monoisotopic (exact) mass is 507 g/mol. The van der Waals surface area contributed by atoms with Crippen LogP contribution in [0.1, 0.15) is 51.3 Å². The summed E-state index contributed by atoms with van der Waals surface area (Å²) in [5.74, 6) is -1.39. The number of aromatic hydroxyl groups is 2. The number of hydrogen-bond acceptors (Lipinski definition) is 9. The van der Waals surface area contributed by atoms with Gasteiger partial charge in [0.25, 0.3) is 0 Å². The highest BCUT2D eigenvalue weighted by Gasteiger charge is 2.60. The van der Waals surface area contributed by atoms with Crippen molar-refractivity contribution < 1.29 is 25.2 Å². The van der Waals surface area contributed by atoms with Crippen molar-refractivity contribution in [3.63, 3.8) is 0 Å². The van der Waals surface area contributed by atoms with Crippen LogP contribution in [0.3, 0.4) is 0 Å². The summed E-state index contributed by atoms with van der Waals surface area (Å²) in [5.41, 5.74) is 1.01. The number of phenolic OH excluding ortho intramolecular Hbond substituents is 2. The fraction of sp³-hybridized carbons (Fsp3) is 0.667. The molecule has 3 aliphatic rings. The molecule has 1 unspecified atom stereocenters. The molecule has 186 valence electrons. The third kappa shape index (κ3) is 3.86. The van der Waals surface area contributed by atoms with E-state index in [9.17, 15) is 30.5 Å². The average molecular weight is 508 g/mol. The number of thioether (sulfide) groups is 2. The number of aliphatic hydroxyl groups excluding tert-OH is 1. The van der Waals surface area contributed by atoms with E-state index in [4.69, 9.17) is 0 Å². The Labute approximate surface area is 208 Å². The van der Waals surface area contributed by atoms with Crippen LogP contribution in [0.2, 0.25) is 0 Å². The second-order valence-corrected chi connectivity index (χ2v) is 13.1. The van der Waals surface area contributed by atoms with Crippen molar-refractivity contribution in [3.05, 3.63) is 11.1 Å². The van der Waals surface area contributed by atoms with E-state index in [2.05, 4.69) is 6.07 Å². The zero-order valence-electron chi connectivity index (χ0n) is 20.1. The van der Waals surface area contributed by atoms with Crippen molar-refractivity contribution in [1.82, 2.24) is 9.80 Å². The number of aliphatic hydroxyl groups is 1. The molecule has 10 heteroatoms. The number of piperazine rings is 1. The number of phenols is 2. The van der Waals surface area contributed by atoms with Gasteiger partial charge in [-0.3, -0.25) is 14.6 Å². The van der Waals surface area contributed by atoms with Crippen LogP contribution in [0.5, 0.6) is 11.5 Å². The maximum Gasteiger partial charge on any atom is 0.308 e. The number of rotatable bonds is 6. The van der Waals surface area contributed by atoms with Crippen LogP contribution in [0.25, 0.3) is 0 Å². The van der Waals surface area contributed by atoms with E-state index >= 15 is 0 Å². The lowest BCUT2D eigenvalue weighted by molar-refractivity contribution is -0.144. The molecule has 2 bridgehead atoms. The number of fused-ring (bicyclic) bond motifs is 5. The van der Waals surface area contributed by atoms with Gasteiger partial charge in [0, 0.05) is 39.8 Å². The van der Waals surface area contributed by atoms with Gasteiger partial charge in [-0.05, 0) is 19.9 Å². The van der Waals surface area contributed by atoms with Crippen molar-refractivity contribution in [2.75, 3.05) is 13.7 Å². The Balaban J connectivity index is 1.94. The van der Waals surface area contributed by atoms with Crippen LogP contribution < -0.4 is 0 Å². The number of nitriles is 1. The van der Waals surface area contributed by atoms with Gasteiger partial charge in [-0.15, -0.1) is 23.5 Å². The number of nitrogens with zero attached hydrogens (tertiary/aromatic N) is 3. The van der Waals surface area contributed by atoms with E-state index in [1.54, 1.807) is 0 Å². The van der Waals surface area contributed by atoms with Crippen molar-refractivity contribution in [1.29, 1.82) is 5.26 Å². The number of carboxylic acids is 1. The Hall–Kier alpha value is -1.64. The molecular weight excluding hydrogens is 474 g/mol. The van der Waals surface area contributed by atoms with Crippen molar-refractivity contribution >= 4 is 29.5 Å². The van der Waals surface area contributed by atoms with E-state index in [0.717, 1.165) is 0 Å². The lowest BCUT2D eigenvalue weighted by Crippen LogP contribution is -2.67. The molecule has 0 aliphatic carbocycles. The third-order valence-corrected chi connectivity index (χ3v) is 9.64. The average Bonchev–Trinajstić information content (AvgIpc) is 3.02. The molecule has 1 aromatic carbocycles. The Kier molecular flexibility index (Phi) is 7.06. The number of carbonyl (C=O) groups is 1. The first-order valence-corrected chi connectivity index (χ1v) is 13.5. The molecule has 1 aromatic rings. The van der Waals surface area contributed by atoms with Gasteiger partial charge in [0.05, 0.1) is 34.4 Å². The van der Waals surface area contributed by atoms with E-state index in [1.165, 1.54) is 23.5 Å². The molecule has 6 atom stereocenters. The summed E-state index contributed by atoms with van der Waals surface area (Å²) in [6, 6.07) is -0.000895. The van der Waals surface area contributed by atoms with Gasteiger partial charge in [-0.1, -0.05) is 27.7 Å². The standard InChI is InChI=1S/C24H33N3O5S2/c1-10(2)33-22-20(29)12-6-15-19-13(24(31)32)7-14(26(19)5)16(8-25)27(15)17(9-28)18(12)21(30)23(22)34-11(3)4/h10-11,13-17,19,28-30H,6-7,9H2,1-5H3,(H,31,32)/t13-,14+,15+,16?,17+,19-/m1/s1. The summed E-state index contributed by atoms with van der Waals surface area (Å²) < 4.78 is 0. The first kappa shape index (κ1) is 25.5. The van der Waals surface area contributed by atoms with E-state index in [-0.39, 0.29) is 46.7 Å². The Morgan fingerprint density at radius 3 is 2.21 bits per heavy atom. The highest BCUT2D eigenvalue weighted by molar-refractivity contribution is 8.03. The minimum atomic E-state index is -0.893. The smallest absolute Gasteiger partial charge is 0.308 e. The molecule has 0 aromatic heterocycles. The molecule has 2 saturated heterocycles. The number of carboxylic acid groups (broad SMARTS) is 1. The normalized spacial score (nSPS) is 30.9. The molecule has 3 aliphatic heterocycles. The topological polar surface area (TPSA) is 128 Å². The quantitative estimate of drug-likeness (QED) is 0.337. The lowest BCUT2D eigenvalue weighted by atomic mass is 9.80. The first-order valence-electron chi connectivity index (χ1n) is 11.7. The maximum atomic E-state index is 12.1. The predicted octanol–water partition coefficient (Wildman–Crippen LogP) is 3.04. The zero-order chi connectivity index (χ0) is 25.1. The summed E-state index contributed by atoms with van der Waals surface area (Å²) in [5, 5.41) is 53.9. The summed E-state index contributed by atoms with van der Waals surface area (Å²) in [7, 11) is 1.86. The van der Waals surface area contributed by atoms with Gasteiger partial charge in [0.2, 0.25) is 0 Å². The third-order valence-electron chi connectivity index (χ3n) is 7.30. The van der Waals surface area contributed by atoms with Gasteiger partial charge >= 0.3 is 5.97 Å². The van der Waals surface area contributed by atoms with Crippen molar-refractivity contribution in [2.24, 2.45) is 5.92 Å². The summed E-state index contributed by atoms with van der Waals surface area (Å²) >= 11 is 2.95. The van der Waals surface area contributed by atoms with Crippen LogP contribution in [0.15, 0.2) is 9.79 Å². The van der Waals surface area contributed by atoms with Gasteiger partial charge < -0.3 is 20.4 Å². The molecule has 4 rings (SSSR count). The van der Waals surface area contributed by atoms with Crippen LogP contribution in [-0.4, -0.2) is 84.5 Å². The molecular formula is C24H33N3O5S2. The fourth-order valence-corrected chi connectivity index (χ4v) is 8.23. The van der Waals surface area contributed by atoms with E-state index in [1.807, 2.05) is 44.5 Å². The Morgan fingerprint density at radius 1 is 1.12 bits per heavy atom. The molecule has 34 heavy (non-hydrogen) atoms. The largest absolute Gasteiger partial charge is 0.506 e. The van der Waals surface area contributed by atoms with Gasteiger partial charge in [-0.2, -0.15) is 5.26 Å². The molecule has 3 heterocycles. The Morgan fingerprint density at radius 2 is 1.71 bits per heavy atom. The second-order valence-electron chi connectivity index (χ2n) is 9.98. The number of likely N-dealkylation sites (N-methyl/N-ethyl adjacent to an activating group) is 1. The zero-order valence-corrected chi connectivity index (χ0v) is 21.7. The number of hydrogen-bond donors (Lipinski definition) is 4. The molecule has 0 saturated carbocycles. The van der Waals surface area contributed by atoms with Gasteiger partial charge in [0.15, 0.2) is 0 Å². The predicted molar refractivity (Wildman–Crippen MR) is 131 cm³/mol. The van der Waals surface area contributed by atoms with Crippen LogP contribution in [-0.2, 0) is 11.2 Å². The molecule has 0 radical (unpaired) electrons. The van der Waals surface area contributed by atoms with Gasteiger partial charge in [0.1, 0.15) is 17.5 Å². The van der Waals surface area contributed by atoms with E-state index in [0.29, 0.717) is 33.8 Å². The molecule has 8 nitrogen and oxygen atoms in total. The molecule has 0 amide bonds. The van der Waals surface area contributed by atoms with Crippen molar-refractivity contribution in [2.45, 2.75) is 91.0 Å². The number of aliphatic carboxylic acids is 1. The van der Waals surface area contributed by atoms with Crippen molar-refractivity contribution in [3.8, 4) is 17.6 Å². The summed E-state index contributed by atoms with van der Waals surface area (Å²) in [4.78, 5) is 17.3. The first-order chi connectivity index (χ1) is 16.0. The van der Waals surface area contributed by atoms with Gasteiger partial charge in [-0.25, -0.2) is 0 Å². The highest BCUT2D eigenvalue weighted by Crippen LogP contribution is 2.56. The molecule has 0 spiro atoms. The summed E-state index contributed by atoms with van der Waals surface area (Å²) in [6.45, 7) is 7.72.